The maximum absolute atomic E-state index is 11.1. The number of imidazole rings is 1. The van der Waals surface area contributed by atoms with Crippen LogP contribution in [0, 0.1) is 0 Å². The number of aromatic amines is 2. The molecule has 1 aromatic heterocycles. The summed E-state index contributed by atoms with van der Waals surface area (Å²) < 4.78 is 4.89. The van der Waals surface area contributed by atoms with E-state index in [0.717, 1.165) is 24.0 Å². The van der Waals surface area contributed by atoms with Gasteiger partial charge in [0.2, 0.25) is 0 Å². The molecule has 16 heavy (non-hydrogen) atoms. The molecule has 5 heteroatoms. The van der Waals surface area contributed by atoms with Crippen LogP contribution < -0.4 is 11.0 Å². The molecule has 0 atom stereocenters. The van der Waals surface area contributed by atoms with E-state index in [-0.39, 0.29) is 5.69 Å². The molecule has 0 fully saturated rings. The molecule has 5 nitrogen and oxygen atoms in total. The van der Waals surface area contributed by atoms with Crippen LogP contribution in [0.1, 0.15) is 5.56 Å². The minimum Gasteiger partial charge on any atom is -0.370 e. The van der Waals surface area contributed by atoms with Crippen LogP contribution in [0.4, 0.5) is 0 Å². The number of nitrogens with one attached hydrogen (secondary N) is 3. The lowest BCUT2D eigenvalue weighted by molar-refractivity contribution is 0.176. The van der Waals surface area contributed by atoms with Crippen molar-refractivity contribution in [3.63, 3.8) is 0 Å². The standard InChI is InChI=1S/C11H15N3O2/c1-16-7-12-5-4-8-2-3-9-10(6-8)14-11(15)13-9/h2-3,6,12H,4-5,7H2,1H3,(H2,13,14,15). The highest BCUT2D eigenvalue weighted by atomic mass is 16.5. The molecule has 0 saturated heterocycles. The van der Waals surface area contributed by atoms with Gasteiger partial charge < -0.3 is 14.7 Å². The highest BCUT2D eigenvalue weighted by molar-refractivity contribution is 5.74. The molecular weight excluding hydrogens is 206 g/mol. The number of hydrogen-bond acceptors (Lipinski definition) is 3. The summed E-state index contributed by atoms with van der Waals surface area (Å²) in [5.41, 5.74) is 2.73. The SMILES string of the molecule is COCNCCc1ccc2[nH]c(=O)[nH]c2c1. The summed E-state index contributed by atoms with van der Waals surface area (Å²) in [7, 11) is 1.66. The quantitative estimate of drug-likeness (QED) is 0.511. The molecule has 0 aliphatic carbocycles. The van der Waals surface area contributed by atoms with E-state index in [9.17, 15) is 4.79 Å². The number of benzene rings is 1. The Balaban J connectivity index is 2.04. The summed E-state index contributed by atoms with van der Waals surface area (Å²) in [5, 5.41) is 3.13. The third kappa shape index (κ3) is 2.50. The Kier molecular flexibility index (Phi) is 3.38. The van der Waals surface area contributed by atoms with Gasteiger partial charge in [-0.25, -0.2) is 4.79 Å². The first-order chi connectivity index (χ1) is 7.79. The Hall–Kier alpha value is -1.59. The molecule has 0 aliphatic rings. The number of methoxy groups -OCH3 is 1. The summed E-state index contributed by atoms with van der Waals surface area (Å²) in [6, 6.07) is 5.92. The van der Waals surface area contributed by atoms with Crippen molar-refractivity contribution in [3.8, 4) is 0 Å². The highest BCUT2D eigenvalue weighted by Crippen LogP contribution is 2.10. The van der Waals surface area contributed by atoms with Crippen molar-refractivity contribution in [1.82, 2.24) is 15.3 Å². The number of fused-ring (bicyclic) bond motifs is 1. The van der Waals surface area contributed by atoms with E-state index in [4.69, 9.17) is 4.74 Å². The summed E-state index contributed by atoms with van der Waals surface area (Å²) in [4.78, 5) is 16.5. The van der Waals surface area contributed by atoms with Crippen molar-refractivity contribution in [2.75, 3.05) is 20.4 Å². The van der Waals surface area contributed by atoms with Gasteiger partial charge in [0.25, 0.3) is 0 Å². The van der Waals surface area contributed by atoms with Crippen LogP contribution >= 0.6 is 0 Å². The molecule has 0 saturated carbocycles. The number of hydrogen-bond donors (Lipinski definition) is 3. The van der Waals surface area contributed by atoms with E-state index in [1.54, 1.807) is 7.11 Å². The second-order valence-electron chi connectivity index (χ2n) is 3.64. The van der Waals surface area contributed by atoms with Gasteiger partial charge >= 0.3 is 5.69 Å². The molecule has 3 N–H and O–H groups in total. The maximum Gasteiger partial charge on any atom is 0.323 e. The lowest BCUT2D eigenvalue weighted by atomic mass is 10.1. The van der Waals surface area contributed by atoms with Gasteiger partial charge in [-0.15, -0.1) is 0 Å². The van der Waals surface area contributed by atoms with E-state index in [1.165, 1.54) is 5.56 Å². The molecule has 0 spiro atoms. The van der Waals surface area contributed by atoms with Crippen molar-refractivity contribution in [3.05, 3.63) is 34.2 Å². The molecule has 86 valence electrons. The second kappa shape index (κ2) is 4.96. The smallest absolute Gasteiger partial charge is 0.323 e. The molecule has 1 heterocycles. The predicted octanol–water partition coefficient (Wildman–Crippen LogP) is 0.592. The molecule has 0 aliphatic heterocycles. The van der Waals surface area contributed by atoms with Gasteiger partial charge in [-0.2, -0.15) is 0 Å². The Labute approximate surface area is 92.8 Å². The molecule has 1 aromatic carbocycles. The lowest BCUT2D eigenvalue weighted by Gasteiger charge is -2.03. The topological polar surface area (TPSA) is 69.9 Å². The molecular formula is C11H15N3O2. The highest BCUT2D eigenvalue weighted by Gasteiger charge is 1.99. The molecule has 0 unspecified atom stereocenters. The first-order valence-electron chi connectivity index (χ1n) is 5.20. The molecule has 2 aromatic rings. The molecule has 0 amide bonds. The average molecular weight is 221 g/mol. The molecule has 0 bridgehead atoms. The number of rotatable bonds is 5. The third-order valence-corrected chi connectivity index (χ3v) is 2.42. The second-order valence-corrected chi connectivity index (χ2v) is 3.64. The largest absolute Gasteiger partial charge is 0.370 e. The van der Waals surface area contributed by atoms with Crippen LogP contribution in [0.15, 0.2) is 23.0 Å². The van der Waals surface area contributed by atoms with Gasteiger partial charge in [-0.1, -0.05) is 6.07 Å². The van der Waals surface area contributed by atoms with Crippen LogP contribution in [-0.2, 0) is 11.2 Å². The minimum atomic E-state index is -0.162. The molecule has 2 rings (SSSR count). The zero-order valence-electron chi connectivity index (χ0n) is 9.17. The van der Waals surface area contributed by atoms with Crippen LogP contribution in [0.5, 0.6) is 0 Å². The maximum atomic E-state index is 11.1. The third-order valence-electron chi connectivity index (χ3n) is 2.42. The van der Waals surface area contributed by atoms with Gasteiger partial charge in [0.05, 0.1) is 17.8 Å². The summed E-state index contributed by atoms with van der Waals surface area (Å²) in [5.74, 6) is 0. The first kappa shape index (κ1) is 10.9. The van der Waals surface area contributed by atoms with Crippen LogP contribution in [0.25, 0.3) is 11.0 Å². The van der Waals surface area contributed by atoms with Crippen molar-refractivity contribution in [1.29, 1.82) is 0 Å². The van der Waals surface area contributed by atoms with E-state index in [2.05, 4.69) is 15.3 Å². The van der Waals surface area contributed by atoms with Crippen LogP contribution in [0.2, 0.25) is 0 Å². The Bertz CT molecular complexity index is 515. The monoisotopic (exact) mass is 221 g/mol. The van der Waals surface area contributed by atoms with E-state index in [0.29, 0.717) is 6.73 Å². The van der Waals surface area contributed by atoms with E-state index >= 15 is 0 Å². The van der Waals surface area contributed by atoms with Crippen molar-refractivity contribution < 1.29 is 4.74 Å². The average Bonchev–Trinajstić information content (AvgIpc) is 2.64. The zero-order valence-corrected chi connectivity index (χ0v) is 9.17. The fourth-order valence-corrected chi connectivity index (χ4v) is 1.64. The van der Waals surface area contributed by atoms with Crippen molar-refractivity contribution in [2.24, 2.45) is 0 Å². The van der Waals surface area contributed by atoms with Gasteiger partial charge in [0, 0.05) is 13.7 Å². The van der Waals surface area contributed by atoms with Gasteiger partial charge in [-0.05, 0) is 24.1 Å². The van der Waals surface area contributed by atoms with Gasteiger partial charge in [0.1, 0.15) is 0 Å². The van der Waals surface area contributed by atoms with E-state index < -0.39 is 0 Å². The predicted molar refractivity (Wildman–Crippen MR) is 62.5 cm³/mol. The zero-order chi connectivity index (χ0) is 11.4. The van der Waals surface area contributed by atoms with Gasteiger partial charge in [-0.3, -0.25) is 5.32 Å². The Morgan fingerprint density at radius 1 is 1.31 bits per heavy atom. The van der Waals surface area contributed by atoms with Gasteiger partial charge in [0.15, 0.2) is 0 Å². The summed E-state index contributed by atoms with van der Waals surface area (Å²) in [6.07, 6.45) is 0.909. The summed E-state index contributed by atoms with van der Waals surface area (Å²) >= 11 is 0. The van der Waals surface area contributed by atoms with Crippen LogP contribution in [0.3, 0.4) is 0 Å². The van der Waals surface area contributed by atoms with Crippen molar-refractivity contribution >= 4 is 11.0 Å². The Morgan fingerprint density at radius 2 is 2.12 bits per heavy atom. The first-order valence-corrected chi connectivity index (χ1v) is 5.20. The number of ether oxygens (including phenoxy) is 1. The van der Waals surface area contributed by atoms with E-state index in [1.807, 2.05) is 18.2 Å². The van der Waals surface area contributed by atoms with Crippen LogP contribution in [-0.4, -0.2) is 30.4 Å². The fourth-order valence-electron chi connectivity index (χ4n) is 1.64. The summed E-state index contributed by atoms with van der Waals surface area (Å²) in [6.45, 7) is 1.41. The number of aromatic nitrogens is 2. The lowest BCUT2D eigenvalue weighted by Crippen LogP contribution is -2.19. The minimum absolute atomic E-state index is 0.162. The number of H-pyrrole nitrogens is 2. The normalized spacial score (nSPS) is 11.1. The molecule has 0 radical (unpaired) electrons. The Morgan fingerprint density at radius 3 is 2.94 bits per heavy atom. The fraction of sp³-hybridized carbons (Fsp3) is 0.364. The van der Waals surface area contributed by atoms with Crippen molar-refractivity contribution in [2.45, 2.75) is 6.42 Å².